The lowest BCUT2D eigenvalue weighted by molar-refractivity contribution is -0.122. The first-order valence-electron chi connectivity index (χ1n) is 7.39. The van der Waals surface area contributed by atoms with E-state index in [0.717, 1.165) is 19.3 Å². The first-order chi connectivity index (χ1) is 9.93. The molecule has 0 spiro atoms. The van der Waals surface area contributed by atoms with E-state index in [1.807, 2.05) is 6.08 Å². The van der Waals surface area contributed by atoms with Crippen molar-refractivity contribution < 1.29 is 19.1 Å². The molecule has 114 valence electrons. The molecule has 1 aliphatic carbocycles. The lowest BCUT2D eigenvalue weighted by atomic mass is 10.00. The fourth-order valence-electron chi connectivity index (χ4n) is 2.41. The van der Waals surface area contributed by atoms with Gasteiger partial charge in [-0.1, -0.05) is 32.8 Å². The summed E-state index contributed by atoms with van der Waals surface area (Å²) in [5.41, 5.74) is 0.594. The summed E-state index contributed by atoms with van der Waals surface area (Å²) in [4.78, 5) is 35.4. The average Bonchev–Trinajstić information content (AvgIpc) is 3.23. The number of fused-ring (bicyclic) bond motifs is 1. The molecule has 5 heteroatoms. The molecule has 2 rings (SSSR count). The Kier molecular flexibility index (Phi) is 4.73. The van der Waals surface area contributed by atoms with Gasteiger partial charge in [0.25, 0.3) is 5.91 Å². The minimum absolute atomic E-state index is 0.0395. The largest absolute Gasteiger partial charge is 0.352 e. The van der Waals surface area contributed by atoms with Crippen molar-refractivity contribution in [2.24, 2.45) is 5.92 Å². The Labute approximate surface area is 124 Å². The van der Waals surface area contributed by atoms with Gasteiger partial charge in [-0.2, -0.15) is 0 Å². The summed E-state index contributed by atoms with van der Waals surface area (Å²) >= 11 is 0. The molecule has 0 saturated carbocycles. The van der Waals surface area contributed by atoms with Gasteiger partial charge in [0.1, 0.15) is 0 Å². The number of allylic oxidation sites excluding steroid dienone is 1. The molecule has 0 bridgehead atoms. The maximum atomic E-state index is 12.1. The molecule has 1 N–H and O–H groups in total. The zero-order valence-electron chi connectivity index (χ0n) is 12.6. The fourth-order valence-corrected chi connectivity index (χ4v) is 2.41. The number of amides is 1. The van der Waals surface area contributed by atoms with Gasteiger partial charge < -0.3 is 10.1 Å². The van der Waals surface area contributed by atoms with Crippen LogP contribution in [0.1, 0.15) is 40.0 Å². The number of unbranched alkanes of at least 4 members (excludes halogenated alkanes) is 1. The van der Waals surface area contributed by atoms with Crippen LogP contribution in [-0.4, -0.2) is 29.7 Å². The number of hydrogen-bond donors (Lipinski definition) is 1. The molecule has 5 nitrogen and oxygen atoms in total. The first-order valence-corrected chi connectivity index (χ1v) is 7.39. The number of epoxide rings is 1. The predicted molar refractivity (Wildman–Crippen MR) is 77.3 cm³/mol. The molecule has 0 aromatic rings. The van der Waals surface area contributed by atoms with Gasteiger partial charge in [0, 0.05) is 11.6 Å². The third kappa shape index (κ3) is 3.67. The minimum atomic E-state index is -0.689. The van der Waals surface area contributed by atoms with E-state index in [2.05, 4.69) is 19.2 Å². The van der Waals surface area contributed by atoms with E-state index < -0.39 is 12.2 Å². The molecule has 1 heterocycles. The van der Waals surface area contributed by atoms with Gasteiger partial charge in [0.15, 0.2) is 18.0 Å². The highest BCUT2D eigenvalue weighted by molar-refractivity contribution is 6.17. The smallest absolute Gasteiger partial charge is 0.251 e. The minimum Gasteiger partial charge on any atom is -0.352 e. The molecular weight excluding hydrogens is 270 g/mol. The van der Waals surface area contributed by atoms with Crippen LogP contribution >= 0.6 is 0 Å². The van der Waals surface area contributed by atoms with Crippen molar-refractivity contribution in [2.45, 2.75) is 52.2 Å². The summed E-state index contributed by atoms with van der Waals surface area (Å²) in [6.45, 7) is 5.90. The molecule has 0 radical (unpaired) electrons. The molecule has 0 unspecified atom stereocenters. The van der Waals surface area contributed by atoms with Crippen LogP contribution in [0.2, 0.25) is 0 Å². The highest BCUT2D eigenvalue weighted by Gasteiger charge is 2.53. The van der Waals surface area contributed by atoms with E-state index >= 15 is 0 Å². The number of ketones is 2. The number of hydrogen-bond acceptors (Lipinski definition) is 4. The van der Waals surface area contributed by atoms with Crippen LogP contribution in [0.15, 0.2) is 23.4 Å². The Morgan fingerprint density at radius 2 is 2.14 bits per heavy atom. The summed E-state index contributed by atoms with van der Waals surface area (Å²) in [6.07, 6.45) is 5.02. The van der Waals surface area contributed by atoms with Crippen molar-refractivity contribution in [3.05, 3.63) is 23.4 Å². The Morgan fingerprint density at radius 1 is 1.43 bits per heavy atom. The Bertz CT molecular complexity index is 532. The van der Waals surface area contributed by atoms with Gasteiger partial charge in [-0.3, -0.25) is 14.4 Å². The monoisotopic (exact) mass is 291 g/mol. The van der Waals surface area contributed by atoms with Crippen LogP contribution in [0.25, 0.3) is 0 Å². The van der Waals surface area contributed by atoms with E-state index in [-0.39, 0.29) is 23.2 Å². The van der Waals surface area contributed by atoms with E-state index in [9.17, 15) is 14.4 Å². The number of carbonyl (C=O) groups is 3. The summed E-state index contributed by atoms with van der Waals surface area (Å²) < 4.78 is 4.97. The normalized spacial score (nSPS) is 26.0. The summed E-state index contributed by atoms with van der Waals surface area (Å²) in [7, 11) is 0. The van der Waals surface area contributed by atoms with Gasteiger partial charge in [-0.05, 0) is 19.3 Å². The highest BCUT2D eigenvalue weighted by atomic mass is 16.6. The van der Waals surface area contributed by atoms with E-state index in [1.165, 1.54) is 6.08 Å². The van der Waals surface area contributed by atoms with E-state index in [0.29, 0.717) is 11.5 Å². The zero-order chi connectivity index (χ0) is 15.6. The average molecular weight is 291 g/mol. The third-order valence-corrected chi connectivity index (χ3v) is 3.74. The van der Waals surface area contributed by atoms with Crippen molar-refractivity contribution in [2.75, 3.05) is 0 Å². The van der Waals surface area contributed by atoms with Crippen LogP contribution in [0.5, 0.6) is 0 Å². The Hall–Kier alpha value is -1.75. The Morgan fingerprint density at radius 3 is 2.81 bits per heavy atom. The molecular formula is C16H21NO4. The molecule has 1 saturated heterocycles. The van der Waals surface area contributed by atoms with Gasteiger partial charge in [-0.15, -0.1) is 0 Å². The molecule has 0 aromatic heterocycles. The molecule has 21 heavy (non-hydrogen) atoms. The van der Waals surface area contributed by atoms with Crippen LogP contribution < -0.4 is 5.32 Å². The SMILES string of the molecule is CCCC[C@H](C)/C=C(\C)C(=O)NC1=CC(=O)[C@H]2O[C@H]2C1=O. The number of nitrogens with one attached hydrogen (secondary N) is 1. The van der Waals surface area contributed by atoms with Crippen molar-refractivity contribution in [1.29, 1.82) is 0 Å². The maximum Gasteiger partial charge on any atom is 0.251 e. The summed E-state index contributed by atoms with van der Waals surface area (Å²) in [6, 6.07) is 0. The maximum absolute atomic E-state index is 12.1. The Balaban J connectivity index is 1.96. The fraction of sp³-hybridized carbons (Fsp3) is 0.562. The second kappa shape index (κ2) is 6.35. The lowest BCUT2D eigenvalue weighted by Gasteiger charge is -2.11. The second-order valence-electron chi connectivity index (χ2n) is 5.73. The first kappa shape index (κ1) is 15.6. The summed E-state index contributed by atoms with van der Waals surface area (Å²) in [5, 5.41) is 2.52. The standard InChI is InChI=1S/C16H21NO4/c1-4-5-6-9(2)7-10(3)16(20)17-11-8-12(18)14-15(21-14)13(11)19/h7-9,14-15H,4-6H2,1-3H3,(H,17,20)/b10-7+/t9-,14+,15-/m0/s1. The summed E-state index contributed by atoms with van der Waals surface area (Å²) in [5.74, 6) is -0.609. The van der Waals surface area contributed by atoms with Crippen LogP contribution in [-0.2, 0) is 19.1 Å². The van der Waals surface area contributed by atoms with Crippen molar-refractivity contribution in [3.8, 4) is 0 Å². The van der Waals surface area contributed by atoms with Gasteiger partial charge in [-0.25, -0.2) is 0 Å². The predicted octanol–water partition coefficient (Wildman–Crippen LogP) is 1.68. The van der Waals surface area contributed by atoms with Crippen LogP contribution in [0.3, 0.4) is 0 Å². The molecule has 3 atom stereocenters. The number of carbonyl (C=O) groups excluding carboxylic acids is 3. The van der Waals surface area contributed by atoms with Crippen molar-refractivity contribution >= 4 is 17.5 Å². The van der Waals surface area contributed by atoms with Crippen molar-refractivity contribution in [3.63, 3.8) is 0 Å². The van der Waals surface area contributed by atoms with Gasteiger partial charge in [0.05, 0.1) is 5.70 Å². The van der Waals surface area contributed by atoms with Crippen LogP contribution in [0, 0.1) is 5.92 Å². The molecule has 2 aliphatic rings. The number of ether oxygens (including phenoxy) is 1. The zero-order valence-corrected chi connectivity index (χ0v) is 12.6. The van der Waals surface area contributed by atoms with Gasteiger partial charge in [0.2, 0.25) is 5.78 Å². The topological polar surface area (TPSA) is 75.8 Å². The quantitative estimate of drug-likeness (QED) is 0.596. The van der Waals surface area contributed by atoms with Gasteiger partial charge >= 0.3 is 0 Å². The molecule has 0 aromatic carbocycles. The van der Waals surface area contributed by atoms with E-state index in [4.69, 9.17) is 4.74 Å². The number of rotatable bonds is 6. The molecule has 1 fully saturated rings. The van der Waals surface area contributed by atoms with E-state index in [1.54, 1.807) is 6.92 Å². The highest BCUT2D eigenvalue weighted by Crippen LogP contribution is 2.30. The van der Waals surface area contributed by atoms with Crippen LogP contribution in [0.4, 0.5) is 0 Å². The number of Topliss-reactive ketones (excluding diaryl/α,β-unsaturated/α-hetero) is 1. The second-order valence-corrected chi connectivity index (χ2v) is 5.73. The lowest BCUT2D eigenvalue weighted by Crippen LogP contribution is -2.34. The van der Waals surface area contributed by atoms with Crippen molar-refractivity contribution in [1.82, 2.24) is 5.32 Å². The molecule has 1 aliphatic heterocycles. The molecule has 1 amide bonds. The third-order valence-electron chi connectivity index (χ3n) is 3.74.